The topological polar surface area (TPSA) is 170 Å². The van der Waals surface area contributed by atoms with Crippen molar-refractivity contribution in [2.75, 3.05) is 6.54 Å². The van der Waals surface area contributed by atoms with E-state index in [9.17, 15) is 29.1 Å². The van der Waals surface area contributed by atoms with Crippen LogP contribution in [0, 0.1) is 5.92 Å². The van der Waals surface area contributed by atoms with E-state index < -0.39 is 35.8 Å². The Hall–Kier alpha value is -4.21. The summed E-state index contributed by atoms with van der Waals surface area (Å²) in [6, 6.07) is 13.8. The van der Waals surface area contributed by atoms with Crippen molar-refractivity contribution in [2.24, 2.45) is 5.92 Å². The third-order valence-electron chi connectivity index (χ3n) is 6.57. The van der Waals surface area contributed by atoms with Crippen molar-refractivity contribution in [1.29, 1.82) is 0 Å². The van der Waals surface area contributed by atoms with Gasteiger partial charge in [-0.05, 0) is 54.4 Å². The molecule has 1 unspecified atom stereocenters. The SMILES string of the molecule is C[C@@H](CCCCNC(=O)CCC(NC(=O)Cc1ccc(CCc2ccc(CC(=O)O)cc2)cc1)C(=O)O)C(=O)O. The lowest BCUT2D eigenvalue weighted by atomic mass is 10.0. The first-order valence-corrected chi connectivity index (χ1v) is 13.4. The molecule has 2 amide bonds. The fraction of sp³-hybridized carbons (Fsp3) is 0.433. The number of carbonyl (C=O) groups is 5. The summed E-state index contributed by atoms with van der Waals surface area (Å²) in [6.07, 6.45) is 3.27. The largest absolute Gasteiger partial charge is 0.481 e. The molecule has 5 N–H and O–H groups in total. The van der Waals surface area contributed by atoms with Crippen molar-refractivity contribution in [1.82, 2.24) is 10.6 Å². The molecule has 0 aliphatic rings. The normalized spacial score (nSPS) is 12.2. The number of carboxylic acids is 3. The number of aliphatic carboxylic acids is 3. The van der Waals surface area contributed by atoms with Crippen molar-refractivity contribution in [2.45, 2.75) is 70.8 Å². The molecule has 0 fully saturated rings. The molecule has 0 saturated heterocycles. The molecule has 0 saturated carbocycles. The number of hydrogen-bond acceptors (Lipinski definition) is 5. The molecular formula is C30H38N2O8. The standard InChI is InChI=1S/C30H38N2O8/c1-20(29(37)38)4-2-3-17-31-26(33)16-15-25(30(39)40)32-27(34)18-23-11-7-21(8-12-23)5-6-22-9-13-24(14-10-22)19-28(35)36/h7-14,20,25H,2-6,15-19H2,1H3,(H,31,33)(H,32,34)(H,35,36)(H,37,38)(H,39,40)/t20-,25?/m0/s1. The summed E-state index contributed by atoms with van der Waals surface area (Å²) in [6.45, 7) is 2.01. The number of hydrogen-bond donors (Lipinski definition) is 5. The molecule has 40 heavy (non-hydrogen) atoms. The summed E-state index contributed by atoms with van der Waals surface area (Å²) in [5.74, 6) is -4.13. The average Bonchev–Trinajstić information content (AvgIpc) is 2.90. The summed E-state index contributed by atoms with van der Waals surface area (Å²) >= 11 is 0. The molecule has 0 heterocycles. The van der Waals surface area contributed by atoms with E-state index in [4.69, 9.17) is 10.2 Å². The van der Waals surface area contributed by atoms with Gasteiger partial charge in [0, 0.05) is 13.0 Å². The predicted octanol–water partition coefficient (Wildman–Crippen LogP) is 3.00. The van der Waals surface area contributed by atoms with Crippen molar-refractivity contribution < 1.29 is 39.3 Å². The average molecular weight is 555 g/mol. The number of nitrogens with one attached hydrogen (secondary N) is 2. The molecule has 0 spiro atoms. The van der Waals surface area contributed by atoms with Gasteiger partial charge in [-0.1, -0.05) is 61.9 Å². The molecule has 2 aromatic carbocycles. The lowest BCUT2D eigenvalue weighted by Crippen LogP contribution is -2.42. The molecule has 2 atom stereocenters. The summed E-state index contributed by atoms with van der Waals surface area (Å²) in [5, 5.41) is 32.4. The van der Waals surface area contributed by atoms with Crippen LogP contribution in [0.15, 0.2) is 48.5 Å². The van der Waals surface area contributed by atoms with E-state index >= 15 is 0 Å². The Bertz CT molecular complexity index is 1150. The van der Waals surface area contributed by atoms with Crippen LogP contribution in [0.3, 0.4) is 0 Å². The van der Waals surface area contributed by atoms with Gasteiger partial charge in [-0.25, -0.2) is 4.79 Å². The number of carbonyl (C=O) groups excluding carboxylic acids is 2. The molecule has 10 heteroatoms. The summed E-state index contributed by atoms with van der Waals surface area (Å²) < 4.78 is 0. The number of rotatable bonds is 18. The molecule has 10 nitrogen and oxygen atoms in total. The summed E-state index contributed by atoms with van der Waals surface area (Å²) in [5.41, 5.74) is 3.66. The first-order valence-electron chi connectivity index (χ1n) is 13.4. The van der Waals surface area contributed by atoms with E-state index in [1.165, 1.54) is 0 Å². The highest BCUT2D eigenvalue weighted by Gasteiger charge is 2.21. The van der Waals surface area contributed by atoms with Crippen LogP contribution in [0.4, 0.5) is 0 Å². The number of benzene rings is 2. The highest BCUT2D eigenvalue weighted by atomic mass is 16.4. The fourth-order valence-electron chi connectivity index (χ4n) is 4.09. The molecule has 0 aliphatic carbocycles. The molecule has 0 radical (unpaired) electrons. The second-order valence-corrected chi connectivity index (χ2v) is 9.96. The smallest absolute Gasteiger partial charge is 0.326 e. The minimum absolute atomic E-state index is 0.00380. The van der Waals surface area contributed by atoms with Gasteiger partial charge in [-0.2, -0.15) is 0 Å². The van der Waals surface area contributed by atoms with Crippen LogP contribution in [0.5, 0.6) is 0 Å². The van der Waals surface area contributed by atoms with Gasteiger partial charge in [-0.15, -0.1) is 0 Å². The highest BCUT2D eigenvalue weighted by molar-refractivity contribution is 5.85. The number of unbranched alkanes of at least 4 members (excludes halogenated alkanes) is 1. The van der Waals surface area contributed by atoms with Crippen molar-refractivity contribution in [3.8, 4) is 0 Å². The van der Waals surface area contributed by atoms with Gasteiger partial charge in [0.25, 0.3) is 0 Å². The van der Waals surface area contributed by atoms with Crippen LogP contribution < -0.4 is 10.6 Å². The molecule has 0 aromatic heterocycles. The molecule has 216 valence electrons. The van der Waals surface area contributed by atoms with Gasteiger partial charge >= 0.3 is 17.9 Å². The minimum Gasteiger partial charge on any atom is -0.481 e. The highest BCUT2D eigenvalue weighted by Crippen LogP contribution is 2.12. The number of aryl methyl sites for hydroxylation is 2. The van der Waals surface area contributed by atoms with E-state index in [2.05, 4.69) is 10.6 Å². The Morgan fingerprint density at radius 3 is 1.70 bits per heavy atom. The van der Waals surface area contributed by atoms with Crippen molar-refractivity contribution in [3.63, 3.8) is 0 Å². The van der Waals surface area contributed by atoms with E-state index in [0.717, 1.165) is 35.1 Å². The van der Waals surface area contributed by atoms with Crippen LogP contribution in [-0.4, -0.2) is 57.6 Å². The van der Waals surface area contributed by atoms with Crippen LogP contribution >= 0.6 is 0 Å². The Morgan fingerprint density at radius 2 is 1.20 bits per heavy atom. The van der Waals surface area contributed by atoms with Crippen LogP contribution in [0.2, 0.25) is 0 Å². The zero-order valence-electron chi connectivity index (χ0n) is 22.7. The van der Waals surface area contributed by atoms with Crippen LogP contribution in [-0.2, 0) is 49.7 Å². The second kappa shape index (κ2) is 16.7. The lowest BCUT2D eigenvalue weighted by molar-refractivity contribution is -0.142. The zero-order valence-corrected chi connectivity index (χ0v) is 22.7. The Kier molecular flexibility index (Phi) is 13.4. The maximum atomic E-state index is 12.5. The summed E-state index contributed by atoms with van der Waals surface area (Å²) in [4.78, 5) is 57.7. The van der Waals surface area contributed by atoms with Gasteiger partial charge in [0.05, 0.1) is 18.8 Å². The van der Waals surface area contributed by atoms with E-state index in [1.807, 2.05) is 48.5 Å². The summed E-state index contributed by atoms with van der Waals surface area (Å²) in [7, 11) is 0. The quantitative estimate of drug-likeness (QED) is 0.175. The molecule has 0 bridgehead atoms. The maximum absolute atomic E-state index is 12.5. The number of carboxylic acid groups (broad SMARTS) is 3. The van der Waals surface area contributed by atoms with Gasteiger partial charge in [0.1, 0.15) is 6.04 Å². The zero-order chi connectivity index (χ0) is 29.5. The van der Waals surface area contributed by atoms with Gasteiger partial charge < -0.3 is 26.0 Å². The minimum atomic E-state index is -1.21. The molecular weight excluding hydrogens is 516 g/mol. The third kappa shape index (κ3) is 12.6. The first kappa shape index (κ1) is 32.0. The Balaban J connectivity index is 1.72. The monoisotopic (exact) mass is 554 g/mol. The van der Waals surface area contributed by atoms with E-state index in [0.29, 0.717) is 25.8 Å². The second-order valence-electron chi connectivity index (χ2n) is 9.96. The number of amides is 2. The molecule has 2 rings (SSSR count). The molecule has 2 aromatic rings. The Labute approximate surface area is 233 Å². The lowest BCUT2D eigenvalue weighted by Gasteiger charge is -2.15. The van der Waals surface area contributed by atoms with Gasteiger partial charge in [0.2, 0.25) is 11.8 Å². The third-order valence-corrected chi connectivity index (χ3v) is 6.57. The van der Waals surface area contributed by atoms with Gasteiger partial charge in [-0.3, -0.25) is 19.2 Å². The predicted molar refractivity (Wildman–Crippen MR) is 148 cm³/mol. The van der Waals surface area contributed by atoms with Crippen molar-refractivity contribution in [3.05, 3.63) is 70.8 Å². The van der Waals surface area contributed by atoms with E-state index in [1.54, 1.807) is 6.92 Å². The van der Waals surface area contributed by atoms with Crippen LogP contribution in [0.1, 0.15) is 61.3 Å². The fourth-order valence-corrected chi connectivity index (χ4v) is 4.09. The van der Waals surface area contributed by atoms with Gasteiger partial charge in [0.15, 0.2) is 0 Å². The van der Waals surface area contributed by atoms with Crippen LogP contribution in [0.25, 0.3) is 0 Å². The first-order chi connectivity index (χ1) is 19.0. The Morgan fingerprint density at radius 1 is 0.675 bits per heavy atom. The molecule has 0 aliphatic heterocycles. The maximum Gasteiger partial charge on any atom is 0.326 e. The van der Waals surface area contributed by atoms with Crippen molar-refractivity contribution >= 4 is 29.7 Å². The van der Waals surface area contributed by atoms with E-state index in [-0.39, 0.29) is 31.6 Å².